The average Bonchev–Trinajstić information content (AvgIpc) is 2.25. The highest BCUT2D eigenvalue weighted by Gasteiger charge is 2.17. The Hall–Kier alpha value is -0.900. The summed E-state index contributed by atoms with van der Waals surface area (Å²) in [4.78, 5) is 2.19. The van der Waals surface area contributed by atoms with Crippen LogP contribution in [0.1, 0.15) is 43.0 Å². The molecule has 0 aliphatic carbocycles. The van der Waals surface area contributed by atoms with Gasteiger partial charge in [-0.15, -0.1) is 0 Å². The van der Waals surface area contributed by atoms with E-state index in [0.29, 0.717) is 12.6 Å². The molecular weight excluding hydrogens is 248 g/mol. The van der Waals surface area contributed by atoms with Crippen LogP contribution in [0.5, 0.6) is 0 Å². The monoisotopic (exact) mass is 278 g/mol. The zero-order valence-corrected chi connectivity index (χ0v) is 13.8. The van der Waals surface area contributed by atoms with Gasteiger partial charge in [0.25, 0.3) is 0 Å². The normalized spacial score (nSPS) is 13.8. The zero-order valence-electron chi connectivity index (χ0n) is 13.8. The van der Waals surface area contributed by atoms with Crippen LogP contribution in [0.25, 0.3) is 0 Å². The highest BCUT2D eigenvalue weighted by molar-refractivity contribution is 5.30. The van der Waals surface area contributed by atoms with Crippen LogP contribution in [0.4, 0.5) is 0 Å². The van der Waals surface area contributed by atoms with Gasteiger partial charge in [0.15, 0.2) is 0 Å². The lowest BCUT2D eigenvalue weighted by Crippen LogP contribution is -2.37. The molecule has 3 heteroatoms. The molecule has 0 aliphatic rings. The van der Waals surface area contributed by atoms with Crippen molar-refractivity contribution in [2.45, 2.75) is 45.8 Å². The van der Waals surface area contributed by atoms with Gasteiger partial charge in [0.1, 0.15) is 0 Å². The van der Waals surface area contributed by atoms with Crippen LogP contribution < -0.4 is 5.32 Å². The minimum atomic E-state index is -0.635. The number of hydrogen-bond acceptors (Lipinski definition) is 3. The largest absolute Gasteiger partial charge is 0.389 e. The molecule has 0 radical (unpaired) electrons. The quantitative estimate of drug-likeness (QED) is 0.805. The summed E-state index contributed by atoms with van der Waals surface area (Å²) in [5.74, 6) is 0. The standard InChI is InChI=1S/C17H30N2O/c1-13-9-14(2)11-15(10-13)16(18-5)7-8-19(6)12-17(3,4)20/h9-11,16,18,20H,7-8,12H2,1-6H3. The summed E-state index contributed by atoms with van der Waals surface area (Å²) in [6, 6.07) is 7.07. The van der Waals surface area contributed by atoms with Crippen LogP contribution in [0.2, 0.25) is 0 Å². The fourth-order valence-electron chi connectivity index (χ4n) is 2.78. The summed E-state index contributed by atoms with van der Waals surface area (Å²) >= 11 is 0. The van der Waals surface area contributed by atoms with Gasteiger partial charge in [-0.05, 0) is 60.3 Å². The summed E-state index contributed by atoms with van der Waals surface area (Å²) < 4.78 is 0. The molecule has 0 amide bonds. The third-order valence-electron chi connectivity index (χ3n) is 3.45. The molecule has 0 saturated carbocycles. The van der Waals surface area contributed by atoms with Gasteiger partial charge in [0.2, 0.25) is 0 Å². The van der Waals surface area contributed by atoms with Gasteiger partial charge in [0, 0.05) is 12.6 Å². The molecule has 0 heterocycles. The first-order valence-corrected chi connectivity index (χ1v) is 7.37. The highest BCUT2D eigenvalue weighted by atomic mass is 16.3. The van der Waals surface area contributed by atoms with Crippen molar-refractivity contribution in [1.82, 2.24) is 10.2 Å². The van der Waals surface area contributed by atoms with Gasteiger partial charge in [0.05, 0.1) is 5.60 Å². The van der Waals surface area contributed by atoms with Crippen molar-refractivity contribution in [3.05, 3.63) is 34.9 Å². The average molecular weight is 278 g/mol. The van der Waals surface area contributed by atoms with Crippen molar-refractivity contribution < 1.29 is 5.11 Å². The van der Waals surface area contributed by atoms with Crippen molar-refractivity contribution in [2.24, 2.45) is 0 Å². The molecule has 0 saturated heterocycles. The van der Waals surface area contributed by atoms with E-state index in [9.17, 15) is 5.11 Å². The van der Waals surface area contributed by atoms with Crippen molar-refractivity contribution in [2.75, 3.05) is 27.2 Å². The molecule has 0 aliphatic heterocycles. The summed E-state index contributed by atoms with van der Waals surface area (Å²) in [6.45, 7) is 9.64. The van der Waals surface area contributed by atoms with Crippen LogP contribution in [-0.2, 0) is 0 Å². The topological polar surface area (TPSA) is 35.5 Å². The second kappa shape index (κ2) is 7.21. The van der Waals surface area contributed by atoms with Crippen molar-refractivity contribution in [1.29, 1.82) is 0 Å². The molecule has 0 aromatic heterocycles. The van der Waals surface area contributed by atoms with E-state index in [4.69, 9.17) is 0 Å². The molecule has 3 nitrogen and oxygen atoms in total. The molecule has 20 heavy (non-hydrogen) atoms. The van der Waals surface area contributed by atoms with E-state index >= 15 is 0 Å². The number of aliphatic hydroxyl groups is 1. The molecule has 0 spiro atoms. The molecule has 0 fully saturated rings. The first kappa shape index (κ1) is 17.2. The lowest BCUT2D eigenvalue weighted by molar-refractivity contribution is 0.0436. The molecule has 2 N–H and O–H groups in total. The Balaban J connectivity index is 2.63. The Kier molecular flexibility index (Phi) is 6.18. The summed E-state index contributed by atoms with van der Waals surface area (Å²) in [5.41, 5.74) is 3.33. The van der Waals surface area contributed by atoms with Crippen LogP contribution >= 0.6 is 0 Å². The first-order valence-electron chi connectivity index (χ1n) is 7.37. The van der Waals surface area contributed by atoms with Gasteiger partial charge in [-0.2, -0.15) is 0 Å². The lowest BCUT2D eigenvalue weighted by Gasteiger charge is -2.27. The van der Waals surface area contributed by atoms with E-state index in [2.05, 4.69) is 49.3 Å². The summed E-state index contributed by atoms with van der Waals surface area (Å²) in [7, 11) is 4.07. The minimum Gasteiger partial charge on any atom is -0.389 e. The van der Waals surface area contributed by atoms with E-state index in [-0.39, 0.29) is 0 Å². The summed E-state index contributed by atoms with van der Waals surface area (Å²) in [5, 5.41) is 13.2. The maximum atomic E-state index is 9.84. The Morgan fingerprint density at radius 3 is 2.20 bits per heavy atom. The van der Waals surface area contributed by atoms with Crippen LogP contribution in [0, 0.1) is 13.8 Å². The van der Waals surface area contributed by atoms with Crippen molar-refractivity contribution in [3.63, 3.8) is 0 Å². The molecule has 114 valence electrons. The predicted octanol–water partition coefficient (Wildman–Crippen LogP) is 2.66. The molecule has 1 rings (SSSR count). The van der Waals surface area contributed by atoms with Crippen LogP contribution in [-0.4, -0.2) is 42.8 Å². The van der Waals surface area contributed by atoms with Gasteiger partial charge in [-0.25, -0.2) is 0 Å². The predicted molar refractivity (Wildman–Crippen MR) is 86.1 cm³/mol. The van der Waals surface area contributed by atoms with E-state index in [1.54, 1.807) is 0 Å². The third kappa shape index (κ3) is 6.04. The van der Waals surface area contributed by atoms with Crippen molar-refractivity contribution >= 4 is 0 Å². The fraction of sp³-hybridized carbons (Fsp3) is 0.647. The number of hydrogen-bond donors (Lipinski definition) is 2. The Morgan fingerprint density at radius 2 is 1.75 bits per heavy atom. The number of nitrogens with one attached hydrogen (secondary N) is 1. The first-order chi connectivity index (χ1) is 9.21. The Bertz CT molecular complexity index is 403. The Morgan fingerprint density at radius 1 is 1.20 bits per heavy atom. The van der Waals surface area contributed by atoms with Gasteiger partial charge < -0.3 is 15.3 Å². The maximum absolute atomic E-state index is 9.84. The van der Waals surface area contributed by atoms with Gasteiger partial charge >= 0.3 is 0 Å². The number of nitrogens with zero attached hydrogens (tertiary/aromatic N) is 1. The zero-order chi connectivity index (χ0) is 15.3. The minimum absolute atomic E-state index is 0.359. The van der Waals surface area contributed by atoms with Gasteiger partial charge in [-0.1, -0.05) is 29.3 Å². The summed E-state index contributed by atoms with van der Waals surface area (Å²) in [6.07, 6.45) is 1.03. The molecule has 1 atom stereocenters. The lowest BCUT2D eigenvalue weighted by atomic mass is 9.99. The molecule has 0 bridgehead atoms. The second-order valence-corrected chi connectivity index (χ2v) is 6.60. The number of rotatable bonds is 7. The van der Waals surface area contributed by atoms with E-state index in [1.165, 1.54) is 16.7 Å². The van der Waals surface area contributed by atoms with E-state index < -0.39 is 5.60 Å². The number of benzene rings is 1. The Labute approximate surface area is 124 Å². The van der Waals surface area contributed by atoms with Crippen LogP contribution in [0.15, 0.2) is 18.2 Å². The number of aryl methyl sites for hydroxylation is 2. The smallest absolute Gasteiger partial charge is 0.0718 e. The van der Waals surface area contributed by atoms with Crippen molar-refractivity contribution in [3.8, 4) is 0 Å². The second-order valence-electron chi connectivity index (χ2n) is 6.60. The van der Waals surface area contributed by atoms with Crippen LogP contribution in [0.3, 0.4) is 0 Å². The maximum Gasteiger partial charge on any atom is 0.0718 e. The highest BCUT2D eigenvalue weighted by Crippen LogP contribution is 2.20. The third-order valence-corrected chi connectivity index (χ3v) is 3.45. The molecule has 1 unspecified atom stereocenters. The number of likely N-dealkylation sites (N-methyl/N-ethyl adjacent to an activating group) is 1. The SMILES string of the molecule is CNC(CCN(C)CC(C)(C)O)c1cc(C)cc(C)c1. The molecule has 1 aromatic carbocycles. The molecule has 1 aromatic rings. The van der Waals surface area contributed by atoms with E-state index in [1.807, 2.05) is 20.9 Å². The fourth-order valence-corrected chi connectivity index (χ4v) is 2.78. The molecular formula is C17H30N2O. The van der Waals surface area contributed by atoms with Gasteiger partial charge in [-0.3, -0.25) is 0 Å². The van der Waals surface area contributed by atoms with E-state index in [0.717, 1.165) is 13.0 Å².